The van der Waals surface area contributed by atoms with E-state index in [0.717, 1.165) is 40.9 Å². The first kappa shape index (κ1) is 42.1. The van der Waals surface area contributed by atoms with Crippen LogP contribution in [-0.2, 0) is 64.1 Å². The minimum absolute atomic E-state index is 0. The molecule has 0 radical (unpaired) electrons. The Bertz CT molecular complexity index is 1600. The molecule has 14 nitrogen and oxygen atoms in total. The predicted molar refractivity (Wildman–Crippen MR) is 191 cm³/mol. The van der Waals surface area contributed by atoms with Gasteiger partial charge in [-0.2, -0.15) is 5.10 Å². The van der Waals surface area contributed by atoms with E-state index in [-0.39, 0.29) is 18.9 Å². The van der Waals surface area contributed by atoms with Crippen molar-refractivity contribution in [3.8, 4) is 0 Å². The first-order valence-corrected chi connectivity index (χ1v) is 17.5. The first-order valence-electron chi connectivity index (χ1n) is 13.5. The van der Waals surface area contributed by atoms with Crippen molar-refractivity contribution in [3.63, 3.8) is 0 Å². The molecule has 6 aromatic rings. The van der Waals surface area contributed by atoms with Gasteiger partial charge in [0.15, 0.2) is 13.8 Å². The number of halogens is 5. The van der Waals surface area contributed by atoms with Crippen molar-refractivity contribution < 1.29 is 28.3 Å². The molecule has 48 heavy (non-hydrogen) atoms. The van der Waals surface area contributed by atoms with Gasteiger partial charge < -0.3 is 20.4 Å². The van der Waals surface area contributed by atoms with Crippen LogP contribution in [0.3, 0.4) is 0 Å². The van der Waals surface area contributed by atoms with Crippen LogP contribution in [0.5, 0.6) is 0 Å². The Morgan fingerprint density at radius 1 is 0.542 bits per heavy atom. The van der Waals surface area contributed by atoms with Crippen LogP contribution in [0.1, 0.15) is 22.5 Å². The second kappa shape index (κ2) is 22.6. The van der Waals surface area contributed by atoms with E-state index < -0.39 is 0 Å². The van der Waals surface area contributed by atoms with E-state index in [2.05, 4.69) is 127 Å². The van der Waals surface area contributed by atoms with Gasteiger partial charge in [-0.15, -0.1) is 20.5 Å². The molecule has 0 spiro atoms. The van der Waals surface area contributed by atoms with Crippen LogP contribution >= 0.6 is 79.6 Å². The second-order valence-electron chi connectivity index (χ2n) is 9.27. The zero-order valence-electron chi connectivity index (χ0n) is 26.7. The summed E-state index contributed by atoms with van der Waals surface area (Å²) in [5.74, 6) is 0. The molecule has 0 aliphatic rings. The summed E-state index contributed by atoms with van der Waals surface area (Å²) in [5, 5.41) is 30.1. The number of aromatic nitrogens is 12. The Morgan fingerprint density at radius 3 is 1.21 bits per heavy atom. The van der Waals surface area contributed by atoms with Crippen LogP contribution < -0.4 is 18.9 Å². The molecule has 6 rings (SSSR count). The smallest absolute Gasteiger partial charge is 0.428 e. The predicted octanol–water partition coefficient (Wildman–Crippen LogP) is 3.31. The minimum atomic E-state index is 0. The summed E-state index contributed by atoms with van der Waals surface area (Å²) < 4.78 is 21.5. The number of hydrogen-bond acceptors (Lipinski definition) is 10. The van der Waals surface area contributed by atoms with Crippen LogP contribution in [0.15, 0.2) is 83.7 Å². The van der Waals surface area contributed by atoms with Crippen LogP contribution in [-0.4, -0.2) is 60.0 Å². The monoisotopic (exact) mass is 968 g/mol. The average molecular weight is 973 g/mol. The van der Waals surface area contributed by atoms with Crippen molar-refractivity contribution >= 4 is 79.6 Å². The number of aryl methyl sites for hydroxylation is 4. The van der Waals surface area contributed by atoms with Gasteiger partial charge in [-0.05, 0) is 86.5 Å². The quantitative estimate of drug-likeness (QED) is 0.165. The molecule has 0 saturated carbocycles. The Balaban J connectivity index is 0.000000234. The molecule has 0 fully saturated rings. The fraction of sp³-hybridized carbons (Fsp3) is 0.286. The summed E-state index contributed by atoms with van der Waals surface area (Å²) in [4.78, 5) is 0. The summed E-state index contributed by atoms with van der Waals surface area (Å²) in [6.07, 6.45) is 2.75. The van der Waals surface area contributed by atoms with Crippen molar-refractivity contribution in [2.24, 2.45) is 28.2 Å². The van der Waals surface area contributed by atoms with Crippen LogP contribution in [0, 0.1) is 6.20 Å². The third-order valence-corrected chi connectivity index (χ3v) is 9.26. The van der Waals surface area contributed by atoms with Crippen LogP contribution in [0.25, 0.3) is 0 Å². The van der Waals surface area contributed by atoms with E-state index in [4.69, 9.17) is 9.47 Å². The Labute approximate surface area is 332 Å². The van der Waals surface area contributed by atoms with Crippen molar-refractivity contribution in [1.29, 1.82) is 0 Å². The molecule has 2 aromatic carbocycles. The van der Waals surface area contributed by atoms with Gasteiger partial charge in [-0.3, -0.25) is 0 Å². The minimum Gasteiger partial charge on any atom is -0.428 e. The molecule has 0 aliphatic carbocycles. The Hall–Kier alpha value is -2.08. The number of nitrogens with zero attached hydrogens (tertiary/aromatic N) is 12. The normalized spacial score (nSPS) is 10.1. The summed E-state index contributed by atoms with van der Waals surface area (Å²) in [6.45, 7) is 2.19. The van der Waals surface area contributed by atoms with Gasteiger partial charge in [-0.1, -0.05) is 92.2 Å². The largest absolute Gasteiger partial charge is 1.00 e. The van der Waals surface area contributed by atoms with Gasteiger partial charge in [0.25, 0.3) is 0 Å². The van der Waals surface area contributed by atoms with E-state index in [9.17, 15) is 0 Å². The van der Waals surface area contributed by atoms with Gasteiger partial charge in [0.2, 0.25) is 0 Å². The Kier molecular flexibility index (Phi) is 19.8. The number of benzene rings is 2. The molecule has 250 valence electrons. The van der Waals surface area contributed by atoms with Gasteiger partial charge in [0, 0.05) is 21.1 Å². The molecular weight excluding hydrogens is 943 g/mol. The summed E-state index contributed by atoms with van der Waals surface area (Å²) in [7, 11) is 7.26. The van der Waals surface area contributed by atoms with Gasteiger partial charge >= 0.3 is 18.9 Å². The standard InChI is InChI=1S/2C11H12BrN3O.C3H3Br2N3.C3H3BrN3.Li/c2*1-15-10(11(12)13-14-15)8-16-7-9-5-3-2-4-6-9;1-8-3(5)2(4)6-7-8;1-7-2-3(4)5-6-7;/h2*2-6H,7-8H2,1H3;1H3;1H3;/q;;;-1;+1. The van der Waals surface area contributed by atoms with Crippen molar-refractivity contribution in [2.45, 2.75) is 26.4 Å². The fourth-order valence-corrected chi connectivity index (χ4v) is 4.98. The first-order chi connectivity index (χ1) is 22.5. The van der Waals surface area contributed by atoms with Crippen molar-refractivity contribution in [3.05, 3.63) is 112 Å². The topological polar surface area (TPSA) is 141 Å². The van der Waals surface area contributed by atoms with Gasteiger partial charge in [0.1, 0.15) is 4.60 Å². The van der Waals surface area contributed by atoms with E-state index in [1.54, 1.807) is 21.1 Å². The van der Waals surface area contributed by atoms with Crippen molar-refractivity contribution in [1.82, 2.24) is 60.0 Å². The maximum atomic E-state index is 5.59. The maximum Gasteiger partial charge on any atom is 1.00 e. The summed E-state index contributed by atoms with van der Waals surface area (Å²) >= 11 is 16.2. The zero-order chi connectivity index (χ0) is 34.2. The molecule has 0 atom stereocenters. The third-order valence-electron chi connectivity index (χ3n) is 5.73. The van der Waals surface area contributed by atoms with Crippen LogP contribution in [0.2, 0.25) is 0 Å². The molecule has 4 heterocycles. The second-order valence-corrected chi connectivity index (χ2v) is 13.0. The summed E-state index contributed by atoms with van der Waals surface area (Å²) in [6, 6.07) is 20.1. The van der Waals surface area contributed by atoms with Gasteiger partial charge in [-0.25, -0.2) is 14.0 Å². The summed E-state index contributed by atoms with van der Waals surface area (Å²) in [5.41, 5.74) is 4.20. The zero-order valence-corrected chi connectivity index (χ0v) is 34.6. The van der Waals surface area contributed by atoms with Crippen LogP contribution in [0.4, 0.5) is 0 Å². The Morgan fingerprint density at radius 2 is 0.958 bits per heavy atom. The molecular formula is C28H30Br5LiN12O2. The van der Waals surface area contributed by atoms with E-state index in [0.29, 0.717) is 31.0 Å². The molecule has 0 amide bonds. The molecule has 4 aromatic heterocycles. The third kappa shape index (κ3) is 14.8. The van der Waals surface area contributed by atoms with E-state index in [1.807, 2.05) is 81.8 Å². The van der Waals surface area contributed by atoms with Crippen molar-refractivity contribution in [2.75, 3.05) is 0 Å². The molecule has 0 N–H and O–H groups in total. The molecule has 0 unspecified atom stereocenters. The SMILES string of the molecule is Cn1[c-]c(Br)nn1.Cn1nnc(Br)c1Br.Cn1nnc(Br)c1COCc1ccccc1.Cn1nnc(Br)c1COCc1ccccc1.[Li+]. The molecule has 0 bridgehead atoms. The average Bonchev–Trinajstić information content (AvgIpc) is 3.80. The number of rotatable bonds is 8. The van der Waals surface area contributed by atoms with Gasteiger partial charge in [0.05, 0.1) is 37.8 Å². The molecule has 0 saturated heterocycles. The van der Waals surface area contributed by atoms with E-state index in [1.165, 1.54) is 4.68 Å². The fourth-order valence-electron chi connectivity index (χ4n) is 3.29. The van der Waals surface area contributed by atoms with E-state index >= 15 is 0 Å². The molecule has 20 heteroatoms. The molecule has 0 aliphatic heterocycles. The maximum absolute atomic E-state index is 5.59. The number of ether oxygens (including phenoxy) is 2. The number of hydrogen-bond donors (Lipinski definition) is 0.